The van der Waals surface area contributed by atoms with E-state index in [4.69, 9.17) is 4.74 Å². The number of hydrogen-bond acceptors (Lipinski definition) is 4. The number of halogens is 4. The third-order valence-corrected chi connectivity index (χ3v) is 3.08. The predicted molar refractivity (Wildman–Crippen MR) is 78.1 cm³/mol. The highest BCUT2D eigenvalue weighted by molar-refractivity contribution is 5.94. The van der Waals surface area contributed by atoms with Gasteiger partial charge < -0.3 is 10.1 Å². The van der Waals surface area contributed by atoms with Crippen LogP contribution in [0.5, 0.6) is 5.75 Å². The minimum atomic E-state index is -1.77. The van der Waals surface area contributed by atoms with Crippen molar-refractivity contribution >= 4 is 17.3 Å². The summed E-state index contributed by atoms with van der Waals surface area (Å²) in [5.41, 5.74) is -1.23. The molecule has 1 atom stereocenters. The molecule has 0 spiro atoms. The predicted octanol–water partition coefficient (Wildman–Crippen LogP) is 3.56. The summed E-state index contributed by atoms with van der Waals surface area (Å²) < 4.78 is 57.7. The topological polar surface area (TPSA) is 81.5 Å². The molecule has 132 valence electrons. The van der Waals surface area contributed by atoms with Gasteiger partial charge in [-0.1, -0.05) is 0 Å². The lowest BCUT2D eigenvalue weighted by molar-refractivity contribution is -0.386. The van der Waals surface area contributed by atoms with Crippen LogP contribution in [0.15, 0.2) is 30.3 Å². The van der Waals surface area contributed by atoms with Crippen molar-refractivity contribution in [1.82, 2.24) is 0 Å². The lowest BCUT2D eigenvalue weighted by Gasteiger charge is -2.15. The van der Waals surface area contributed by atoms with Crippen molar-refractivity contribution < 1.29 is 32.0 Å². The van der Waals surface area contributed by atoms with Gasteiger partial charge in [-0.3, -0.25) is 14.9 Å². The number of nitro benzene ring substituents is 1. The molecule has 0 bridgehead atoms. The van der Waals surface area contributed by atoms with Crippen LogP contribution in [0.4, 0.5) is 28.9 Å². The van der Waals surface area contributed by atoms with E-state index in [1.54, 1.807) is 0 Å². The second-order valence-corrected chi connectivity index (χ2v) is 4.84. The molecule has 0 fully saturated rings. The summed E-state index contributed by atoms with van der Waals surface area (Å²) in [5, 5.41) is 12.8. The van der Waals surface area contributed by atoms with E-state index in [0.717, 1.165) is 25.1 Å². The van der Waals surface area contributed by atoms with Gasteiger partial charge in [-0.15, -0.1) is 0 Å². The average Bonchev–Trinajstić information content (AvgIpc) is 2.55. The Bertz CT molecular complexity index is 845. The van der Waals surface area contributed by atoms with Crippen LogP contribution in [0, 0.1) is 33.4 Å². The first-order chi connectivity index (χ1) is 11.7. The molecule has 0 aromatic heterocycles. The quantitative estimate of drug-likeness (QED) is 0.384. The van der Waals surface area contributed by atoms with Crippen molar-refractivity contribution in [3.8, 4) is 5.75 Å². The van der Waals surface area contributed by atoms with Crippen LogP contribution in [0.25, 0.3) is 0 Å². The van der Waals surface area contributed by atoms with Gasteiger partial charge in [0.15, 0.2) is 23.6 Å². The van der Waals surface area contributed by atoms with Crippen molar-refractivity contribution in [2.45, 2.75) is 13.0 Å². The fourth-order valence-electron chi connectivity index (χ4n) is 1.83. The second-order valence-electron chi connectivity index (χ2n) is 4.84. The maximum Gasteiger partial charge on any atom is 0.311 e. The second kappa shape index (κ2) is 7.16. The van der Waals surface area contributed by atoms with Gasteiger partial charge in [0.1, 0.15) is 5.82 Å². The van der Waals surface area contributed by atoms with Crippen molar-refractivity contribution in [3.63, 3.8) is 0 Å². The van der Waals surface area contributed by atoms with Crippen molar-refractivity contribution in [2.75, 3.05) is 5.32 Å². The number of amides is 1. The molecule has 6 nitrogen and oxygen atoms in total. The number of nitrogens with zero attached hydrogens (tertiary/aromatic N) is 1. The molecule has 1 N–H and O–H groups in total. The molecule has 0 aliphatic rings. The van der Waals surface area contributed by atoms with Crippen LogP contribution < -0.4 is 10.1 Å². The third kappa shape index (κ3) is 4.03. The highest BCUT2D eigenvalue weighted by atomic mass is 19.2. The van der Waals surface area contributed by atoms with Gasteiger partial charge in [-0.2, -0.15) is 0 Å². The first-order valence-electron chi connectivity index (χ1n) is 6.75. The largest absolute Gasteiger partial charge is 0.474 e. The molecule has 2 rings (SSSR count). The number of hydrogen-bond donors (Lipinski definition) is 1. The molecular weight excluding hydrogens is 348 g/mol. The van der Waals surface area contributed by atoms with Crippen LogP contribution in [-0.4, -0.2) is 16.9 Å². The Labute approximate surface area is 138 Å². The van der Waals surface area contributed by atoms with E-state index < -0.39 is 57.3 Å². The number of ether oxygens (including phenoxy) is 1. The van der Waals surface area contributed by atoms with Gasteiger partial charge in [0.2, 0.25) is 5.75 Å². The highest BCUT2D eigenvalue weighted by Crippen LogP contribution is 2.28. The molecule has 1 amide bonds. The number of carbonyl (C=O) groups excluding carboxylic acids is 1. The maximum atomic E-state index is 13.5. The Balaban J connectivity index is 2.18. The van der Waals surface area contributed by atoms with Gasteiger partial charge >= 0.3 is 5.69 Å². The molecule has 0 unspecified atom stereocenters. The molecule has 10 heteroatoms. The number of benzene rings is 2. The van der Waals surface area contributed by atoms with Crippen molar-refractivity contribution in [2.24, 2.45) is 0 Å². The third-order valence-electron chi connectivity index (χ3n) is 3.08. The molecule has 0 aliphatic heterocycles. The Morgan fingerprint density at radius 2 is 1.84 bits per heavy atom. The van der Waals surface area contributed by atoms with E-state index in [1.165, 1.54) is 0 Å². The Morgan fingerprint density at radius 1 is 1.16 bits per heavy atom. The number of anilines is 1. The number of carbonyl (C=O) groups is 1. The molecule has 0 aliphatic carbocycles. The van der Waals surface area contributed by atoms with Gasteiger partial charge in [0.05, 0.1) is 10.6 Å². The van der Waals surface area contributed by atoms with Crippen LogP contribution >= 0.6 is 0 Å². The Morgan fingerprint density at radius 3 is 2.48 bits per heavy atom. The van der Waals surface area contributed by atoms with Crippen LogP contribution in [0.2, 0.25) is 0 Å². The van der Waals surface area contributed by atoms with E-state index in [0.29, 0.717) is 12.1 Å². The first-order valence-corrected chi connectivity index (χ1v) is 6.75. The summed E-state index contributed by atoms with van der Waals surface area (Å²) in [6.07, 6.45) is -1.42. The summed E-state index contributed by atoms with van der Waals surface area (Å²) in [6, 6.07) is 3.80. The standard InChI is InChI=1S/C15H10F4N2O4/c1-7(25-12-6-8(16)2-5-11(12)21(23)24)15(22)20-10-4-3-9(17)13(18)14(10)19/h2-7H,1H3,(H,20,22)/t7-/m0/s1. The molecule has 0 radical (unpaired) electrons. The van der Waals surface area contributed by atoms with E-state index in [-0.39, 0.29) is 0 Å². The van der Waals surface area contributed by atoms with Gasteiger partial charge in [-0.05, 0) is 25.1 Å². The number of rotatable bonds is 5. The summed E-state index contributed by atoms with van der Waals surface area (Å²) in [5.74, 6) is -7.18. The first kappa shape index (κ1) is 18.2. The Kier molecular flexibility index (Phi) is 5.20. The Hall–Kier alpha value is -3.17. The molecule has 2 aromatic carbocycles. The summed E-state index contributed by atoms with van der Waals surface area (Å²) in [7, 11) is 0. The van der Waals surface area contributed by atoms with E-state index in [1.807, 2.05) is 5.32 Å². The smallest absolute Gasteiger partial charge is 0.311 e. The van der Waals surface area contributed by atoms with Crippen LogP contribution in [0.1, 0.15) is 6.92 Å². The van der Waals surface area contributed by atoms with E-state index >= 15 is 0 Å². The minimum absolute atomic E-state index is 0.515. The van der Waals surface area contributed by atoms with E-state index in [9.17, 15) is 32.5 Å². The maximum absolute atomic E-state index is 13.5. The lowest BCUT2D eigenvalue weighted by atomic mass is 10.2. The van der Waals surface area contributed by atoms with Crippen molar-refractivity contribution in [3.05, 3.63) is 63.7 Å². The fourth-order valence-corrected chi connectivity index (χ4v) is 1.83. The zero-order chi connectivity index (χ0) is 18.7. The van der Waals surface area contributed by atoms with Crippen LogP contribution in [-0.2, 0) is 4.79 Å². The lowest BCUT2D eigenvalue weighted by Crippen LogP contribution is -2.30. The van der Waals surface area contributed by atoms with Crippen LogP contribution in [0.3, 0.4) is 0 Å². The summed E-state index contributed by atoms with van der Waals surface area (Å²) in [4.78, 5) is 22.0. The summed E-state index contributed by atoms with van der Waals surface area (Å²) in [6.45, 7) is 1.15. The zero-order valence-electron chi connectivity index (χ0n) is 12.6. The highest BCUT2D eigenvalue weighted by Gasteiger charge is 2.23. The molecule has 0 heterocycles. The molecular formula is C15H10F4N2O4. The molecule has 2 aromatic rings. The SMILES string of the molecule is C[C@H](Oc1cc(F)ccc1[N+](=O)[O-])C(=O)Nc1ccc(F)c(F)c1F. The van der Waals surface area contributed by atoms with Gasteiger partial charge in [-0.25, -0.2) is 17.6 Å². The average molecular weight is 358 g/mol. The molecule has 0 saturated heterocycles. The number of nitro groups is 1. The number of nitrogens with one attached hydrogen (secondary N) is 1. The summed E-state index contributed by atoms with van der Waals surface area (Å²) >= 11 is 0. The zero-order valence-corrected chi connectivity index (χ0v) is 12.6. The molecule has 25 heavy (non-hydrogen) atoms. The van der Waals surface area contributed by atoms with Crippen molar-refractivity contribution in [1.29, 1.82) is 0 Å². The van der Waals surface area contributed by atoms with Gasteiger partial charge in [0, 0.05) is 12.1 Å². The monoisotopic (exact) mass is 358 g/mol. The fraction of sp³-hybridized carbons (Fsp3) is 0.133. The van der Waals surface area contributed by atoms with Gasteiger partial charge in [0.25, 0.3) is 5.91 Å². The minimum Gasteiger partial charge on any atom is -0.474 e. The normalized spacial score (nSPS) is 11.7. The van der Waals surface area contributed by atoms with E-state index in [2.05, 4.69) is 0 Å². The molecule has 0 saturated carbocycles.